The maximum Gasteiger partial charge on any atom is 0.111 e. The van der Waals surface area contributed by atoms with E-state index in [0.29, 0.717) is 0 Å². The van der Waals surface area contributed by atoms with Crippen molar-refractivity contribution >= 4 is 26.5 Å². The number of aromatic amines is 1. The van der Waals surface area contributed by atoms with Gasteiger partial charge in [0.15, 0.2) is 0 Å². The zero-order valence-electron chi connectivity index (χ0n) is 18.8. The SMILES string of the molecule is CP(C)c1ccccc1.CP(C)c1ccccc1.Cc1cc(-c2ccccn2)n[nH]1.[Os]. The van der Waals surface area contributed by atoms with E-state index in [0.717, 1.165) is 17.1 Å². The molecule has 164 valence electrons. The normalized spacial score (nSPS) is 9.77. The maximum atomic E-state index is 4.18. The Morgan fingerprint density at radius 3 is 1.45 bits per heavy atom. The van der Waals surface area contributed by atoms with Crippen LogP contribution < -0.4 is 10.6 Å². The van der Waals surface area contributed by atoms with Crippen LogP contribution in [-0.2, 0) is 19.8 Å². The van der Waals surface area contributed by atoms with Gasteiger partial charge in [0, 0.05) is 31.7 Å². The van der Waals surface area contributed by atoms with Crippen molar-refractivity contribution in [3.05, 3.63) is 96.8 Å². The summed E-state index contributed by atoms with van der Waals surface area (Å²) < 4.78 is 0. The minimum absolute atomic E-state index is 0. The predicted octanol–water partition coefficient (Wildman–Crippen LogP) is 5.88. The second-order valence-corrected chi connectivity index (χ2v) is 11.7. The van der Waals surface area contributed by atoms with Crippen LogP contribution in [0.1, 0.15) is 5.69 Å². The molecule has 0 aliphatic heterocycles. The standard InChI is InChI=1S/C9H9N3.2C8H11P.Os/c1-7-6-9(12-11-7)8-4-2-3-5-10-8;2*1-9(2)8-6-4-3-5-7-8;/h2-6H,1H3,(H,11,12);2*3-7H,1-2H3;. The third kappa shape index (κ3) is 10.4. The number of pyridine rings is 1. The molecule has 3 nitrogen and oxygen atoms in total. The number of hydrogen-bond donors (Lipinski definition) is 1. The van der Waals surface area contributed by atoms with Gasteiger partial charge in [0.25, 0.3) is 0 Å². The Morgan fingerprint density at radius 2 is 1.13 bits per heavy atom. The van der Waals surface area contributed by atoms with Gasteiger partial charge in [-0.2, -0.15) is 5.10 Å². The Bertz CT molecular complexity index is 916. The third-order valence-corrected chi connectivity index (χ3v) is 6.84. The van der Waals surface area contributed by atoms with E-state index in [1.54, 1.807) is 6.20 Å². The van der Waals surface area contributed by atoms with Gasteiger partial charge in [-0.05, 0) is 62.4 Å². The van der Waals surface area contributed by atoms with Crippen molar-refractivity contribution in [2.75, 3.05) is 26.7 Å². The van der Waals surface area contributed by atoms with Crippen LogP contribution >= 0.6 is 15.8 Å². The van der Waals surface area contributed by atoms with Crippen LogP contribution in [0, 0.1) is 6.92 Å². The summed E-state index contributed by atoms with van der Waals surface area (Å²) in [6.45, 7) is 11.0. The number of rotatable bonds is 3. The van der Waals surface area contributed by atoms with Gasteiger partial charge >= 0.3 is 0 Å². The molecule has 0 radical (unpaired) electrons. The molecule has 0 aliphatic carbocycles. The van der Waals surface area contributed by atoms with Crippen LogP contribution in [-0.4, -0.2) is 41.8 Å². The molecular weight excluding hydrogens is 594 g/mol. The molecule has 31 heavy (non-hydrogen) atoms. The van der Waals surface area contributed by atoms with E-state index in [1.165, 1.54) is 10.6 Å². The quantitative estimate of drug-likeness (QED) is 0.289. The fraction of sp³-hybridized carbons (Fsp3) is 0.200. The van der Waals surface area contributed by atoms with E-state index in [4.69, 9.17) is 0 Å². The van der Waals surface area contributed by atoms with Crippen molar-refractivity contribution < 1.29 is 19.8 Å². The molecule has 2 aromatic carbocycles. The smallest absolute Gasteiger partial charge is 0.111 e. The molecule has 4 aromatic rings. The zero-order chi connectivity index (χ0) is 21.8. The molecular formula is C25H31N3OsP2. The van der Waals surface area contributed by atoms with E-state index in [-0.39, 0.29) is 35.6 Å². The van der Waals surface area contributed by atoms with Crippen LogP contribution in [0.5, 0.6) is 0 Å². The average molecular weight is 626 g/mol. The van der Waals surface area contributed by atoms with Crippen LogP contribution in [0.15, 0.2) is 91.1 Å². The van der Waals surface area contributed by atoms with Gasteiger partial charge < -0.3 is 0 Å². The van der Waals surface area contributed by atoms with Crippen molar-refractivity contribution in [3.63, 3.8) is 0 Å². The first-order valence-electron chi connectivity index (χ1n) is 9.85. The molecule has 6 heteroatoms. The summed E-state index contributed by atoms with van der Waals surface area (Å²) >= 11 is 0. The van der Waals surface area contributed by atoms with Crippen LogP contribution in [0.4, 0.5) is 0 Å². The molecule has 1 N–H and O–H groups in total. The van der Waals surface area contributed by atoms with E-state index >= 15 is 0 Å². The molecule has 0 amide bonds. The van der Waals surface area contributed by atoms with Crippen molar-refractivity contribution in [1.82, 2.24) is 15.2 Å². The number of aryl methyl sites for hydroxylation is 1. The maximum absolute atomic E-state index is 4.18. The topological polar surface area (TPSA) is 41.6 Å². The summed E-state index contributed by atoms with van der Waals surface area (Å²) in [6, 6.07) is 29.0. The number of aromatic nitrogens is 3. The summed E-state index contributed by atoms with van der Waals surface area (Å²) in [5.74, 6) is 0. The Kier molecular flexibility index (Phi) is 13.4. The Labute approximate surface area is 202 Å². The fourth-order valence-electron chi connectivity index (χ4n) is 2.52. The minimum atomic E-state index is 0. The van der Waals surface area contributed by atoms with Crippen LogP contribution in [0.25, 0.3) is 11.4 Å². The van der Waals surface area contributed by atoms with E-state index in [9.17, 15) is 0 Å². The van der Waals surface area contributed by atoms with Gasteiger partial charge in [-0.3, -0.25) is 10.1 Å². The molecule has 0 unspecified atom stereocenters. The van der Waals surface area contributed by atoms with Gasteiger partial charge in [0.05, 0.1) is 5.69 Å². The van der Waals surface area contributed by atoms with Crippen molar-refractivity contribution in [2.24, 2.45) is 0 Å². The van der Waals surface area contributed by atoms with Gasteiger partial charge in [-0.15, -0.1) is 0 Å². The van der Waals surface area contributed by atoms with Crippen molar-refractivity contribution in [2.45, 2.75) is 6.92 Å². The Hall–Kier alpha value is -1.70. The van der Waals surface area contributed by atoms with Crippen LogP contribution in [0.3, 0.4) is 0 Å². The monoisotopic (exact) mass is 627 g/mol. The molecule has 0 saturated carbocycles. The molecule has 0 aliphatic rings. The molecule has 0 atom stereocenters. The first-order chi connectivity index (χ1) is 14.5. The largest absolute Gasteiger partial charge is 0.282 e. The number of hydrogen-bond acceptors (Lipinski definition) is 2. The molecule has 2 aromatic heterocycles. The Balaban J connectivity index is 0.000000233. The van der Waals surface area contributed by atoms with E-state index in [1.807, 2.05) is 31.2 Å². The predicted molar refractivity (Wildman–Crippen MR) is 136 cm³/mol. The average Bonchev–Trinajstić information content (AvgIpc) is 3.23. The van der Waals surface area contributed by atoms with Gasteiger partial charge in [-0.1, -0.05) is 82.6 Å². The van der Waals surface area contributed by atoms with Gasteiger partial charge in [0.2, 0.25) is 0 Å². The summed E-state index contributed by atoms with van der Waals surface area (Å²) in [4.78, 5) is 4.18. The van der Waals surface area contributed by atoms with Crippen molar-refractivity contribution in [3.8, 4) is 11.4 Å². The summed E-state index contributed by atoms with van der Waals surface area (Å²) in [5, 5.41) is 9.93. The summed E-state index contributed by atoms with van der Waals surface area (Å²) in [7, 11) is 0.209. The minimum Gasteiger partial charge on any atom is -0.282 e. The fourth-order valence-corrected chi connectivity index (χ4v) is 4.05. The summed E-state index contributed by atoms with van der Waals surface area (Å²) in [6.07, 6.45) is 1.76. The molecule has 0 saturated heterocycles. The van der Waals surface area contributed by atoms with Gasteiger partial charge in [0.1, 0.15) is 5.69 Å². The van der Waals surface area contributed by atoms with E-state index < -0.39 is 0 Å². The van der Waals surface area contributed by atoms with Gasteiger partial charge in [-0.25, -0.2) is 0 Å². The Morgan fingerprint density at radius 1 is 0.645 bits per heavy atom. The number of benzene rings is 2. The second-order valence-electron chi connectivity index (χ2n) is 7.11. The molecule has 0 fully saturated rings. The molecule has 0 spiro atoms. The summed E-state index contributed by atoms with van der Waals surface area (Å²) in [5.41, 5.74) is 2.85. The first kappa shape index (κ1) is 27.3. The van der Waals surface area contributed by atoms with Crippen molar-refractivity contribution in [1.29, 1.82) is 0 Å². The molecule has 2 heterocycles. The molecule has 0 bridgehead atoms. The van der Waals surface area contributed by atoms with Crippen LogP contribution in [0.2, 0.25) is 0 Å². The number of nitrogens with one attached hydrogen (secondary N) is 1. The number of H-pyrrole nitrogens is 1. The number of nitrogens with zero attached hydrogens (tertiary/aromatic N) is 2. The third-order valence-electron chi connectivity index (χ3n) is 4.18. The molecule has 4 rings (SSSR count). The van der Waals surface area contributed by atoms with E-state index in [2.05, 4.69) is 103 Å². The first-order valence-corrected chi connectivity index (χ1v) is 14.3. The zero-order valence-corrected chi connectivity index (χ0v) is 23.1. The second kappa shape index (κ2) is 15.2.